The van der Waals surface area contributed by atoms with Gasteiger partial charge in [0.1, 0.15) is 11.3 Å². The van der Waals surface area contributed by atoms with Gasteiger partial charge in [0.05, 0.1) is 0 Å². The number of imide groups is 1. The summed E-state index contributed by atoms with van der Waals surface area (Å²) in [7, 11) is 0.611. The second-order valence-corrected chi connectivity index (χ2v) is 7.02. The van der Waals surface area contributed by atoms with Gasteiger partial charge in [0.25, 0.3) is 5.91 Å². The Bertz CT molecular complexity index is 1140. The van der Waals surface area contributed by atoms with Crippen LogP contribution in [0.3, 0.4) is 0 Å². The number of alkyl halides is 8. The molecular weight excluding hydrogens is 486 g/mol. The average Bonchev–Trinajstić information content (AvgIpc) is 3.06. The van der Waals surface area contributed by atoms with Crippen LogP contribution in [0.1, 0.15) is 28.2 Å². The van der Waals surface area contributed by atoms with Crippen LogP contribution in [-0.4, -0.2) is 40.3 Å². The fourth-order valence-electron chi connectivity index (χ4n) is 3.13. The number of carbonyl (C=O) groups excluding carboxylic acids is 3. The quantitative estimate of drug-likeness (QED) is 0.626. The molecule has 0 saturated carbocycles. The highest BCUT2D eigenvalue weighted by Crippen LogP contribution is 2.48. The summed E-state index contributed by atoms with van der Waals surface area (Å²) in [4.78, 5) is 36.7. The maximum Gasteiger partial charge on any atom is 0.459 e. The van der Waals surface area contributed by atoms with E-state index in [-0.39, 0.29) is 29.0 Å². The highest BCUT2D eigenvalue weighted by molar-refractivity contribution is 6.06. The zero-order chi connectivity index (χ0) is 25.6. The summed E-state index contributed by atoms with van der Waals surface area (Å²) in [6.07, 6.45) is -12.2. The molecule has 8 nitrogen and oxygen atoms in total. The third kappa shape index (κ3) is 4.51. The number of carbonyl (C=O) groups is 3. The van der Waals surface area contributed by atoms with Crippen molar-refractivity contribution in [3.63, 3.8) is 0 Å². The molecule has 1 aliphatic rings. The summed E-state index contributed by atoms with van der Waals surface area (Å²) in [5.41, 5.74) is -6.65. The van der Waals surface area contributed by atoms with Crippen LogP contribution >= 0.6 is 0 Å². The van der Waals surface area contributed by atoms with Gasteiger partial charge in [-0.25, -0.2) is 4.79 Å². The van der Waals surface area contributed by atoms with Gasteiger partial charge in [0.2, 0.25) is 5.91 Å². The van der Waals surface area contributed by atoms with Crippen LogP contribution in [0.2, 0.25) is 0 Å². The SMILES string of the molecule is Cn1nc(C(F)(F)C(F)(F)F)c(C(F)(F)F)c1C(=O)Nc1ccc(N2CCC(=O)NC2=O)cc1. The number of aromatic nitrogens is 2. The number of rotatable bonds is 4. The molecule has 1 aliphatic heterocycles. The second kappa shape index (κ2) is 8.25. The van der Waals surface area contributed by atoms with Crippen molar-refractivity contribution < 1.29 is 49.5 Å². The molecule has 0 unspecified atom stereocenters. The molecule has 16 heteroatoms. The van der Waals surface area contributed by atoms with Crippen LogP contribution in [0, 0.1) is 0 Å². The summed E-state index contributed by atoms with van der Waals surface area (Å²) in [5, 5.41) is 6.69. The molecule has 2 heterocycles. The van der Waals surface area contributed by atoms with Crippen molar-refractivity contribution >= 4 is 29.2 Å². The van der Waals surface area contributed by atoms with Crippen LogP contribution in [0.15, 0.2) is 24.3 Å². The van der Waals surface area contributed by atoms with E-state index in [2.05, 4.69) is 10.4 Å². The summed E-state index contributed by atoms with van der Waals surface area (Å²) >= 11 is 0. The first-order valence-corrected chi connectivity index (χ1v) is 9.16. The van der Waals surface area contributed by atoms with Crippen molar-refractivity contribution in [1.29, 1.82) is 0 Å². The lowest BCUT2D eigenvalue weighted by Gasteiger charge is -2.26. The van der Waals surface area contributed by atoms with Crippen molar-refractivity contribution in [2.24, 2.45) is 7.05 Å². The van der Waals surface area contributed by atoms with Crippen LogP contribution in [0.4, 0.5) is 51.3 Å². The monoisotopic (exact) mass is 499 g/mol. The molecule has 34 heavy (non-hydrogen) atoms. The van der Waals surface area contributed by atoms with Gasteiger partial charge in [-0.3, -0.25) is 24.5 Å². The lowest BCUT2D eigenvalue weighted by Crippen LogP contribution is -2.49. The summed E-state index contributed by atoms with van der Waals surface area (Å²) < 4.78 is 106. The molecule has 0 bridgehead atoms. The van der Waals surface area contributed by atoms with Crippen LogP contribution in [0.25, 0.3) is 0 Å². The zero-order valence-corrected chi connectivity index (χ0v) is 16.8. The van der Waals surface area contributed by atoms with E-state index in [1.807, 2.05) is 5.32 Å². The number of urea groups is 1. The van der Waals surface area contributed by atoms with E-state index in [9.17, 15) is 49.5 Å². The minimum Gasteiger partial charge on any atom is -0.321 e. The van der Waals surface area contributed by atoms with E-state index in [0.717, 1.165) is 12.1 Å². The first-order valence-electron chi connectivity index (χ1n) is 9.16. The molecule has 2 N–H and O–H groups in total. The first-order chi connectivity index (χ1) is 15.5. The molecule has 0 radical (unpaired) electrons. The van der Waals surface area contributed by atoms with E-state index in [4.69, 9.17) is 0 Å². The number of amides is 4. The maximum atomic E-state index is 13.7. The third-order valence-corrected chi connectivity index (χ3v) is 4.69. The van der Waals surface area contributed by atoms with E-state index < -0.39 is 53.1 Å². The molecule has 1 fully saturated rings. The van der Waals surface area contributed by atoms with Gasteiger partial charge in [0, 0.05) is 31.4 Å². The molecule has 0 spiro atoms. The fraction of sp³-hybridized carbons (Fsp3) is 0.333. The van der Waals surface area contributed by atoms with Crippen LogP contribution in [0.5, 0.6) is 0 Å². The molecule has 2 aromatic rings. The van der Waals surface area contributed by atoms with Gasteiger partial charge in [0.15, 0.2) is 5.69 Å². The Morgan fingerprint density at radius 2 is 1.62 bits per heavy atom. The lowest BCUT2D eigenvalue weighted by atomic mass is 10.1. The van der Waals surface area contributed by atoms with Gasteiger partial charge in [-0.1, -0.05) is 0 Å². The number of aryl methyl sites for hydroxylation is 1. The summed E-state index contributed by atoms with van der Waals surface area (Å²) in [6, 6.07) is 4.10. The molecule has 0 aliphatic carbocycles. The number of hydrogen-bond donors (Lipinski definition) is 2. The predicted molar refractivity (Wildman–Crippen MR) is 98.1 cm³/mol. The van der Waals surface area contributed by atoms with Gasteiger partial charge < -0.3 is 5.32 Å². The Kier molecular flexibility index (Phi) is 6.04. The van der Waals surface area contributed by atoms with Crippen molar-refractivity contribution in [1.82, 2.24) is 15.1 Å². The number of anilines is 2. The number of hydrogen-bond acceptors (Lipinski definition) is 4. The fourth-order valence-corrected chi connectivity index (χ4v) is 3.13. The second-order valence-electron chi connectivity index (χ2n) is 7.02. The van der Waals surface area contributed by atoms with Crippen LogP contribution < -0.4 is 15.5 Å². The van der Waals surface area contributed by atoms with Crippen molar-refractivity contribution in [3.05, 3.63) is 41.2 Å². The standard InChI is InChI=1S/C18H13F8N5O3/c1-30-12(11(17(21,22)23)13(29-30)16(19,20)18(24,25)26)14(33)27-8-2-4-9(5-3-8)31-7-6-10(32)28-15(31)34/h2-5H,6-7H2,1H3,(H,27,33)(H,28,32,34). The van der Waals surface area contributed by atoms with E-state index in [1.165, 1.54) is 17.0 Å². The molecule has 3 rings (SSSR count). The minimum atomic E-state index is -6.39. The lowest BCUT2D eigenvalue weighted by molar-refractivity contribution is -0.292. The smallest absolute Gasteiger partial charge is 0.321 e. The molecule has 4 amide bonds. The minimum absolute atomic E-state index is 0.00975. The molecule has 184 valence electrons. The van der Waals surface area contributed by atoms with Gasteiger partial charge in [-0.05, 0) is 24.3 Å². The van der Waals surface area contributed by atoms with Gasteiger partial charge in [-0.2, -0.15) is 40.2 Å². The summed E-state index contributed by atoms with van der Waals surface area (Å²) in [5.74, 6) is -8.12. The highest BCUT2D eigenvalue weighted by Gasteiger charge is 2.64. The topological polar surface area (TPSA) is 96.3 Å². The number of benzene rings is 1. The van der Waals surface area contributed by atoms with E-state index in [1.54, 1.807) is 0 Å². The largest absolute Gasteiger partial charge is 0.459 e. The maximum absolute atomic E-state index is 13.7. The Labute approximate surface area is 184 Å². The van der Waals surface area contributed by atoms with Crippen molar-refractivity contribution in [2.75, 3.05) is 16.8 Å². The van der Waals surface area contributed by atoms with E-state index in [0.29, 0.717) is 7.05 Å². The molecule has 0 atom stereocenters. The predicted octanol–water partition coefficient (Wildman–Crippen LogP) is 3.79. The molecule has 1 aromatic carbocycles. The molecular formula is C18H13F8N5O3. The summed E-state index contributed by atoms with van der Waals surface area (Å²) in [6.45, 7) is 0.0382. The normalized spacial score (nSPS) is 15.4. The Morgan fingerprint density at radius 1 is 1.03 bits per heavy atom. The molecule has 1 aromatic heterocycles. The Hall–Kier alpha value is -3.72. The zero-order valence-electron chi connectivity index (χ0n) is 16.8. The van der Waals surface area contributed by atoms with E-state index >= 15 is 0 Å². The Morgan fingerprint density at radius 3 is 2.12 bits per heavy atom. The van der Waals surface area contributed by atoms with Gasteiger partial charge >= 0.3 is 24.3 Å². The molecule has 1 saturated heterocycles. The number of halogens is 8. The van der Waals surface area contributed by atoms with Crippen molar-refractivity contribution in [2.45, 2.75) is 24.7 Å². The van der Waals surface area contributed by atoms with Crippen molar-refractivity contribution in [3.8, 4) is 0 Å². The Balaban J connectivity index is 1.92. The highest BCUT2D eigenvalue weighted by atomic mass is 19.4. The van der Waals surface area contributed by atoms with Gasteiger partial charge in [-0.15, -0.1) is 0 Å². The first kappa shape index (κ1) is 24.9. The number of nitrogens with one attached hydrogen (secondary N) is 2. The average molecular weight is 499 g/mol. The number of nitrogens with zero attached hydrogens (tertiary/aromatic N) is 3. The third-order valence-electron chi connectivity index (χ3n) is 4.69. The van der Waals surface area contributed by atoms with Crippen LogP contribution in [-0.2, 0) is 23.9 Å².